The predicted octanol–water partition coefficient (Wildman–Crippen LogP) is 2.36. The minimum Gasteiger partial charge on any atom is -0.497 e. The SMILES string of the molecule is COC(=O)COc1ccc(S(=O)(=O)Nc2cc(OC)ccc2OC)cc1C. The van der Waals surface area contributed by atoms with Crippen LogP contribution in [0.15, 0.2) is 41.3 Å². The smallest absolute Gasteiger partial charge is 0.343 e. The maximum atomic E-state index is 12.7. The van der Waals surface area contributed by atoms with Crippen molar-refractivity contribution in [2.75, 3.05) is 32.7 Å². The minimum atomic E-state index is -3.88. The summed E-state index contributed by atoms with van der Waals surface area (Å²) < 4.78 is 48.1. The van der Waals surface area contributed by atoms with Crippen LogP contribution in [-0.4, -0.2) is 42.3 Å². The summed E-state index contributed by atoms with van der Waals surface area (Å²) in [5.74, 6) is 0.696. The van der Waals surface area contributed by atoms with Gasteiger partial charge in [-0.3, -0.25) is 4.72 Å². The Labute approximate surface area is 158 Å². The highest BCUT2D eigenvalue weighted by Crippen LogP contribution is 2.31. The van der Waals surface area contributed by atoms with Gasteiger partial charge in [-0.15, -0.1) is 0 Å². The molecule has 0 fully saturated rings. The number of anilines is 1. The molecule has 0 aliphatic rings. The molecule has 9 heteroatoms. The number of aryl methyl sites for hydroxylation is 1. The van der Waals surface area contributed by atoms with Gasteiger partial charge in [-0.2, -0.15) is 0 Å². The number of ether oxygens (including phenoxy) is 4. The van der Waals surface area contributed by atoms with Gasteiger partial charge in [0.15, 0.2) is 6.61 Å². The first-order valence-electron chi connectivity index (χ1n) is 7.86. The first kappa shape index (κ1) is 20.4. The standard InChI is InChI=1S/C18H21NO7S/c1-12-9-14(6-8-16(12)26-11-18(20)25-4)27(21,22)19-15-10-13(23-2)5-7-17(15)24-3/h5-10,19H,11H2,1-4H3. The van der Waals surface area contributed by atoms with Gasteiger partial charge in [-0.05, 0) is 42.8 Å². The van der Waals surface area contributed by atoms with Crippen molar-refractivity contribution in [3.63, 3.8) is 0 Å². The van der Waals surface area contributed by atoms with E-state index in [9.17, 15) is 13.2 Å². The lowest BCUT2D eigenvalue weighted by Gasteiger charge is -2.14. The van der Waals surface area contributed by atoms with Crippen molar-refractivity contribution in [3.05, 3.63) is 42.0 Å². The Morgan fingerprint density at radius 3 is 2.30 bits per heavy atom. The van der Waals surface area contributed by atoms with Crippen LogP contribution >= 0.6 is 0 Å². The maximum Gasteiger partial charge on any atom is 0.343 e. The molecule has 27 heavy (non-hydrogen) atoms. The van der Waals surface area contributed by atoms with Gasteiger partial charge in [-0.25, -0.2) is 13.2 Å². The zero-order valence-electron chi connectivity index (χ0n) is 15.4. The summed E-state index contributed by atoms with van der Waals surface area (Å²) in [6.45, 7) is 1.42. The number of hydrogen-bond donors (Lipinski definition) is 1. The van der Waals surface area contributed by atoms with E-state index in [1.165, 1.54) is 45.6 Å². The molecule has 0 bridgehead atoms. The van der Waals surface area contributed by atoms with E-state index in [1.54, 1.807) is 19.1 Å². The lowest BCUT2D eigenvalue weighted by atomic mass is 10.2. The molecule has 2 aromatic rings. The van der Waals surface area contributed by atoms with Crippen LogP contribution in [0.4, 0.5) is 5.69 Å². The van der Waals surface area contributed by atoms with Crippen molar-refractivity contribution in [2.24, 2.45) is 0 Å². The quantitative estimate of drug-likeness (QED) is 0.685. The third kappa shape index (κ3) is 5.04. The van der Waals surface area contributed by atoms with E-state index >= 15 is 0 Å². The van der Waals surface area contributed by atoms with Crippen LogP contribution in [0.2, 0.25) is 0 Å². The molecule has 0 saturated heterocycles. The highest BCUT2D eigenvalue weighted by molar-refractivity contribution is 7.92. The second-order valence-corrected chi connectivity index (χ2v) is 7.15. The number of sulfonamides is 1. The molecule has 8 nitrogen and oxygen atoms in total. The van der Waals surface area contributed by atoms with Crippen LogP contribution in [0.3, 0.4) is 0 Å². The Hall–Kier alpha value is -2.94. The van der Waals surface area contributed by atoms with E-state index in [0.717, 1.165) is 0 Å². The molecule has 146 valence electrons. The zero-order chi connectivity index (χ0) is 20.0. The summed E-state index contributed by atoms with van der Waals surface area (Å²) in [5.41, 5.74) is 0.805. The first-order valence-corrected chi connectivity index (χ1v) is 9.34. The fourth-order valence-corrected chi connectivity index (χ4v) is 3.39. The number of benzene rings is 2. The van der Waals surface area contributed by atoms with Crippen LogP contribution in [-0.2, 0) is 19.6 Å². The molecule has 0 atom stereocenters. The molecular formula is C18H21NO7S. The fraction of sp³-hybridized carbons (Fsp3) is 0.278. The highest BCUT2D eigenvalue weighted by atomic mass is 32.2. The number of hydrogen-bond acceptors (Lipinski definition) is 7. The van der Waals surface area contributed by atoms with E-state index in [2.05, 4.69) is 9.46 Å². The molecule has 0 unspecified atom stereocenters. The van der Waals surface area contributed by atoms with Crippen molar-refractivity contribution in [3.8, 4) is 17.2 Å². The zero-order valence-corrected chi connectivity index (χ0v) is 16.3. The Balaban J connectivity index is 2.27. The van der Waals surface area contributed by atoms with Gasteiger partial charge in [-0.1, -0.05) is 0 Å². The molecule has 0 heterocycles. The third-order valence-electron chi connectivity index (χ3n) is 3.68. The average Bonchev–Trinajstić information content (AvgIpc) is 2.66. The molecule has 0 saturated carbocycles. The topological polar surface area (TPSA) is 100 Å². The minimum absolute atomic E-state index is 0.0373. The molecule has 0 aliphatic heterocycles. The van der Waals surface area contributed by atoms with Gasteiger partial charge in [0.25, 0.3) is 10.0 Å². The Morgan fingerprint density at radius 2 is 1.70 bits per heavy atom. The highest BCUT2D eigenvalue weighted by Gasteiger charge is 2.18. The summed E-state index contributed by atoms with van der Waals surface area (Å²) in [6.07, 6.45) is 0. The second kappa shape index (κ2) is 8.63. The summed E-state index contributed by atoms with van der Waals surface area (Å²) in [7, 11) is 0.302. The lowest BCUT2D eigenvalue weighted by molar-refractivity contribution is -0.142. The van der Waals surface area contributed by atoms with Crippen molar-refractivity contribution in [1.29, 1.82) is 0 Å². The maximum absolute atomic E-state index is 12.7. The van der Waals surface area contributed by atoms with Crippen LogP contribution in [0.1, 0.15) is 5.56 Å². The van der Waals surface area contributed by atoms with E-state index < -0.39 is 16.0 Å². The van der Waals surface area contributed by atoms with E-state index in [4.69, 9.17) is 14.2 Å². The van der Waals surface area contributed by atoms with Gasteiger partial charge in [0, 0.05) is 6.07 Å². The normalized spacial score (nSPS) is 10.8. The summed E-state index contributed by atoms with van der Waals surface area (Å²) >= 11 is 0. The van der Waals surface area contributed by atoms with E-state index in [1.807, 2.05) is 0 Å². The largest absolute Gasteiger partial charge is 0.497 e. The third-order valence-corrected chi connectivity index (χ3v) is 5.04. The van der Waals surface area contributed by atoms with E-state index in [0.29, 0.717) is 22.8 Å². The van der Waals surface area contributed by atoms with Crippen LogP contribution in [0.5, 0.6) is 17.2 Å². The van der Waals surface area contributed by atoms with E-state index in [-0.39, 0.29) is 17.2 Å². The van der Waals surface area contributed by atoms with Crippen LogP contribution < -0.4 is 18.9 Å². The Bertz CT molecular complexity index is 925. The molecule has 0 aromatic heterocycles. The second-order valence-electron chi connectivity index (χ2n) is 5.46. The number of nitrogens with one attached hydrogen (secondary N) is 1. The number of rotatable bonds is 8. The molecule has 2 rings (SSSR count). The number of esters is 1. The van der Waals surface area contributed by atoms with Crippen molar-refractivity contribution >= 4 is 21.7 Å². The van der Waals surface area contributed by atoms with Crippen molar-refractivity contribution in [1.82, 2.24) is 0 Å². The van der Waals surface area contributed by atoms with Gasteiger partial charge in [0.05, 0.1) is 31.9 Å². The molecule has 0 amide bonds. The summed E-state index contributed by atoms with van der Waals surface area (Å²) in [6, 6.07) is 9.10. The Morgan fingerprint density at radius 1 is 1.00 bits per heavy atom. The van der Waals surface area contributed by atoms with Gasteiger partial charge >= 0.3 is 5.97 Å². The molecule has 0 radical (unpaired) electrons. The van der Waals surface area contributed by atoms with Crippen LogP contribution in [0, 0.1) is 6.92 Å². The molecule has 2 aromatic carbocycles. The molecular weight excluding hydrogens is 374 g/mol. The summed E-state index contributed by atoms with van der Waals surface area (Å²) in [5, 5.41) is 0. The van der Waals surface area contributed by atoms with Crippen LogP contribution in [0.25, 0.3) is 0 Å². The molecule has 0 aliphatic carbocycles. The van der Waals surface area contributed by atoms with Gasteiger partial charge in [0.1, 0.15) is 17.2 Å². The number of methoxy groups -OCH3 is 3. The average molecular weight is 395 g/mol. The summed E-state index contributed by atoms with van der Waals surface area (Å²) in [4.78, 5) is 11.2. The van der Waals surface area contributed by atoms with Crippen molar-refractivity contribution in [2.45, 2.75) is 11.8 Å². The first-order chi connectivity index (χ1) is 12.8. The fourth-order valence-electron chi connectivity index (χ4n) is 2.24. The number of carbonyl (C=O) groups is 1. The number of carbonyl (C=O) groups excluding carboxylic acids is 1. The molecule has 0 spiro atoms. The van der Waals surface area contributed by atoms with Gasteiger partial charge in [0.2, 0.25) is 0 Å². The monoisotopic (exact) mass is 395 g/mol. The lowest BCUT2D eigenvalue weighted by Crippen LogP contribution is -2.15. The Kier molecular flexibility index (Phi) is 6.51. The predicted molar refractivity (Wildman–Crippen MR) is 99.0 cm³/mol. The van der Waals surface area contributed by atoms with Gasteiger partial charge < -0.3 is 18.9 Å². The molecule has 1 N–H and O–H groups in total. The van der Waals surface area contributed by atoms with Crippen molar-refractivity contribution < 1.29 is 32.2 Å².